The van der Waals surface area contributed by atoms with Crippen LogP contribution in [0.15, 0.2) is 48.5 Å². The van der Waals surface area contributed by atoms with Crippen LogP contribution in [-0.4, -0.2) is 78.3 Å². The highest BCUT2D eigenvalue weighted by Crippen LogP contribution is 2.30. The van der Waals surface area contributed by atoms with Gasteiger partial charge in [0.25, 0.3) is 5.91 Å². The number of nitrogens with one attached hydrogen (secondary N) is 1. The van der Waals surface area contributed by atoms with Crippen LogP contribution < -0.4 is 10.1 Å². The summed E-state index contributed by atoms with van der Waals surface area (Å²) in [5.74, 6) is 0.317. The molecule has 0 aromatic heterocycles. The van der Waals surface area contributed by atoms with E-state index in [9.17, 15) is 14.7 Å². The molecule has 2 aromatic rings. The number of amides is 2. The Labute approximate surface area is 264 Å². The maximum atomic E-state index is 14.3. The normalized spacial score (nSPS) is 23.4. The van der Waals surface area contributed by atoms with Gasteiger partial charge in [0, 0.05) is 43.8 Å². The van der Waals surface area contributed by atoms with Gasteiger partial charge in [0.2, 0.25) is 5.91 Å². The smallest absolute Gasteiger partial charge is 0.258 e. The second kappa shape index (κ2) is 16.9. The molecule has 0 unspecified atom stereocenters. The Kier molecular flexibility index (Phi) is 13.1. The number of rotatable bonds is 8. The summed E-state index contributed by atoms with van der Waals surface area (Å²) in [5, 5.41) is 13.3. The van der Waals surface area contributed by atoms with Crippen LogP contribution in [0.3, 0.4) is 0 Å². The number of hydrogen-bond donors (Lipinski definition) is 2. The summed E-state index contributed by atoms with van der Waals surface area (Å²) in [4.78, 5) is 31.4. The molecule has 1 saturated carbocycles. The van der Waals surface area contributed by atoms with Crippen molar-refractivity contribution in [2.45, 2.75) is 96.9 Å². The van der Waals surface area contributed by atoms with Gasteiger partial charge in [-0.05, 0) is 76.8 Å². The average Bonchev–Trinajstić information content (AvgIpc) is 3.03. The summed E-state index contributed by atoms with van der Waals surface area (Å²) in [7, 11) is 2.10. The van der Waals surface area contributed by atoms with Crippen LogP contribution in [0.5, 0.6) is 5.75 Å². The third-order valence-electron chi connectivity index (χ3n) is 9.08. The molecular weight excluding hydrogens is 554 g/mol. The van der Waals surface area contributed by atoms with Gasteiger partial charge in [0.15, 0.2) is 0 Å². The number of carbonyl (C=O) groups is 2. The first-order valence-electron chi connectivity index (χ1n) is 16.6. The first-order valence-corrected chi connectivity index (χ1v) is 16.6. The Hall–Kier alpha value is -2.94. The minimum absolute atomic E-state index is 0.00610. The molecule has 0 spiro atoms. The molecule has 1 aliphatic carbocycles. The molecule has 4 atom stereocenters. The fourth-order valence-electron chi connectivity index (χ4n) is 6.34. The Morgan fingerprint density at radius 1 is 1.05 bits per heavy atom. The highest BCUT2D eigenvalue weighted by atomic mass is 16.5. The number of nitrogens with zero attached hydrogens (tertiary/aromatic N) is 2. The van der Waals surface area contributed by atoms with Crippen LogP contribution in [0.1, 0.15) is 88.1 Å². The van der Waals surface area contributed by atoms with Gasteiger partial charge in [0.05, 0.1) is 30.4 Å². The third-order valence-corrected chi connectivity index (χ3v) is 9.08. The first kappa shape index (κ1) is 33.9. The second-order valence-corrected chi connectivity index (χ2v) is 13.0. The van der Waals surface area contributed by atoms with Gasteiger partial charge in [-0.2, -0.15) is 0 Å². The predicted octanol–water partition coefficient (Wildman–Crippen LogP) is 6.13. The van der Waals surface area contributed by atoms with Crippen molar-refractivity contribution in [2.24, 2.45) is 11.8 Å². The minimum atomic E-state index is -0.411. The topological polar surface area (TPSA) is 91.3 Å². The van der Waals surface area contributed by atoms with E-state index in [1.165, 1.54) is 12.0 Å². The monoisotopic (exact) mass is 607 g/mol. The van der Waals surface area contributed by atoms with Crippen molar-refractivity contribution in [1.82, 2.24) is 9.80 Å². The number of anilines is 1. The molecule has 8 heteroatoms. The molecule has 1 fully saturated rings. The fraction of sp³-hybridized carbons (Fsp3) is 0.611. The molecule has 0 saturated heterocycles. The number of aliphatic hydroxyl groups excluding tert-OH is 1. The maximum absolute atomic E-state index is 14.3. The Bertz CT molecular complexity index is 1190. The number of ether oxygens (including phenoxy) is 2. The average molecular weight is 608 g/mol. The SMILES string of the molecule is C[C@@H]1CCCCO[C@@H](CN(C)Cc2ccccc2)[C@H](C)CN([C@@H](C)CO)C(=O)c2cc(NC(=O)C3CCCCC3)ccc2O1. The summed E-state index contributed by atoms with van der Waals surface area (Å²) in [6, 6.07) is 15.4. The van der Waals surface area contributed by atoms with Crippen molar-refractivity contribution in [3.63, 3.8) is 0 Å². The van der Waals surface area contributed by atoms with E-state index in [-0.39, 0.29) is 42.5 Å². The van der Waals surface area contributed by atoms with E-state index >= 15 is 0 Å². The van der Waals surface area contributed by atoms with E-state index in [0.717, 1.165) is 58.0 Å². The van der Waals surface area contributed by atoms with Crippen molar-refractivity contribution in [1.29, 1.82) is 0 Å². The first-order chi connectivity index (χ1) is 21.2. The molecule has 2 N–H and O–H groups in total. The zero-order chi connectivity index (χ0) is 31.5. The summed E-state index contributed by atoms with van der Waals surface area (Å²) < 4.78 is 12.8. The van der Waals surface area contributed by atoms with Crippen LogP contribution in [0.2, 0.25) is 0 Å². The van der Waals surface area contributed by atoms with Crippen molar-refractivity contribution in [3.8, 4) is 5.75 Å². The Morgan fingerprint density at radius 2 is 1.77 bits per heavy atom. The van der Waals surface area contributed by atoms with Crippen molar-refractivity contribution in [3.05, 3.63) is 59.7 Å². The number of carbonyl (C=O) groups excluding carboxylic acids is 2. The van der Waals surface area contributed by atoms with Gasteiger partial charge in [0.1, 0.15) is 5.75 Å². The quantitative estimate of drug-likeness (QED) is 0.375. The number of likely N-dealkylation sites (N-methyl/N-ethyl adjacent to an activating group) is 1. The largest absolute Gasteiger partial charge is 0.490 e. The fourth-order valence-corrected chi connectivity index (χ4v) is 6.34. The lowest BCUT2D eigenvalue weighted by molar-refractivity contribution is -0.120. The molecule has 4 rings (SSSR count). The summed E-state index contributed by atoms with van der Waals surface area (Å²) in [6.45, 7) is 8.43. The van der Waals surface area contributed by atoms with Crippen LogP contribution in [0.4, 0.5) is 5.69 Å². The lowest BCUT2D eigenvalue weighted by Gasteiger charge is -2.36. The van der Waals surface area contributed by atoms with Gasteiger partial charge in [-0.25, -0.2) is 0 Å². The summed E-state index contributed by atoms with van der Waals surface area (Å²) >= 11 is 0. The molecule has 8 nitrogen and oxygen atoms in total. The molecule has 2 aromatic carbocycles. The molecule has 44 heavy (non-hydrogen) atoms. The van der Waals surface area contributed by atoms with Gasteiger partial charge in [-0.3, -0.25) is 14.5 Å². The van der Waals surface area contributed by atoms with Gasteiger partial charge >= 0.3 is 0 Å². The van der Waals surface area contributed by atoms with E-state index in [4.69, 9.17) is 9.47 Å². The zero-order valence-corrected chi connectivity index (χ0v) is 27.2. The number of benzene rings is 2. The van der Waals surface area contributed by atoms with Crippen LogP contribution in [0.25, 0.3) is 0 Å². The van der Waals surface area contributed by atoms with E-state index in [0.29, 0.717) is 30.2 Å². The van der Waals surface area contributed by atoms with Gasteiger partial charge < -0.3 is 24.8 Å². The predicted molar refractivity (Wildman–Crippen MR) is 175 cm³/mol. The van der Waals surface area contributed by atoms with Crippen LogP contribution in [0, 0.1) is 11.8 Å². The van der Waals surface area contributed by atoms with Gasteiger partial charge in [-0.1, -0.05) is 56.5 Å². The Morgan fingerprint density at radius 3 is 2.50 bits per heavy atom. The third kappa shape index (κ3) is 9.78. The molecule has 1 heterocycles. The molecule has 242 valence electrons. The van der Waals surface area contributed by atoms with Crippen molar-refractivity contribution < 1.29 is 24.2 Å². The number of fused-ring (bicyclic) bond motifs is 1. The number of aliphatic hydroxyl groups is 1. The molecular formula is C36H53N3O5. The molecule has 0 radical (unpaired) electrons. The molecule has 0 bridgehead atoms. The van der Waals surface area contributed by atoms with E-state index in [2.05, 4.69) is 48.5 Å². The van der Waals surface area contributed by atoms with Crippen molar-refractivity contribution in [2.75, 3.05) is 38.7 Å². The zero-order valence-electron chi connectivity index (χ0n) is 27.2. The maximum Gasteiger partial charge on any atom is 0.258 e. The second-order valence-electron chi connectivity index (χ2n) is 13.0. The van der Waals surface area contributed by atoms with E-state index < -0.39 is 6.04 Å². The summed E-state index contributed by atoms with van der Waals surface area (Å²) in [6.07, 6.45) is 7.66. The summed E-state index contributed by atoms with van der Waals surface area (Å²) in [5.41, 5.74) is 2.24. The van der Waals surface area contributed by atoms with E-state index in [1.807, 2.05) is 32.0 Å². The van der Waals surface area contributed by atoms with Crippen LogP contribution in [-0.2, 0) is 16.1 Å². The highest BCUT2D eigenvalue weighted by molar-refractivity contribution is 6.00. The Balaban J connectivity index is 1.59. The molecule has 1 aliphatic heterocycles. The van der Waals surface area contributed by atoms with Crippen LogP contribution >= 0.6 is 0 Å². The lowest BCUT2D eigenvalue weighted by atomic mass is 9.88. The highest BCUT2D eigenvalue weighted by Gasteiger charge is 2.31. The number of hydrogen-bond acceptors (Lipinski definition) is 6. The lowest BCUT2D eigenvalue weighted by Crippen LogP contribution is -2.47. The van der Waals surface area contributed by atoms with Gasteiger partial charge in [-0.15, -0.1) is 0 Å². The molecule has 2 aliphatic rings. The van der Waals surface area contributed by atoms with E-state index in [1.54, 1.807) is 11.0 Å². The standard InChI is InChI=1S/C36H53N3O5/c1-26-22-39(27(2)25-40)36(42)32-21-31(37-35(41)30-16-9-6-10-17-30)18-19-33(32)44-28(3)13-11-12-20-43-34(26)24-38(4)23-29-14-7-5-8-15-29/h5,7-8,14-15,18-19,21,26-28,30,34,40H,6,9-13,16-17,20,22-25H2,1-4H3,(H,37,41)/t26-,27+,28-,34+/m1/s1. The molecule has 2 amide bonds. The van der Waals surface area contributed by atoms with Crippen molar-refractivity contribution >= 4 is 17.5 Å². The minimum Gasteiger partial charge on any atom is -0.490 e.